The highest BCUT2D eigenvalue weighted by atomic mass is 32.2. The van der Waals surface area contributed by atoms with Crippen molar-refractivity contribution >= 4 is 15.7 Å². The highest BCUT2D eigenvalue weighted by molar-refractivity contribution is 7.91. The van der Waals surface area contributed by atoms with Crippen LogP contribution in [0.2, 0.25) is 0 Å². The normalized spacial score (nSPS) is 19.4. The van der Waals surface area contributed by atoms with Gasteiger partial charge in [0, 0.05) is 24.3 Å². The van der Waals surface area contributed by atoms with Gasteiger partial charge in [0.25, 0.3) is 0 Å². The van der Waals surface area contributed by atoms with Crippen molar-refractivity contribution in [3.05, 3.63) is 78.0 Å². The van der Waals surface area contributed by atoms with Crippen LogP contribution in [0.5, 0.6) is 11.5 Å². The van der Waals surface area contributed by atoms with Crippen molar-refractivity contribution in [2.75, 3.05) is 18.8 Å². The molecule has 0 amide bonds. The van der Waals surface area contributed by atoms with E-state index in [-0.39, 0.29) is 15.1 Å². The monoisotopic (exact) mass is 427 g/mol. The predicted octanol–water partition coefficient (Wildman–Crippen LogP) is 4.85. The fraction of sp³-hybridized carbons (Fsp3) is 0.333. The molecule has 0 fully saturated rings. The van der Waals surface area contributed by atoms with Crippen LogP contribution in [0, 0.1) is 0 Å². The summed E-state index contributed by atoms with van der Waals surface area (Å²) in [6.07, 6.45) is 5.51. The Morgan fingerprint density at radius 1 is 1.07 bits per heavy atom. The molecule has 0 radical (unpaired) electrons. The third-order valence-electron chi connectivity index (χ3n) is 5.39. The van der Waals surface area contributed by atoms with Gasteiger partial charge in [-0.3, -0.25) is 0 Å². The van der Waals surface area contributed by atoms with Crippen LogP contribution in [-0.2, 0) is 15.4 Å². The summed E-state index contributed by atoms with van der Waals surface area (Å²) in [6, 6.07) is 15.3. The second-order valence-electron chi connectivity index (χ2n) is 8.53. The predicted molar refractivity (Wildman–Crippen MR) is 124 cm³/mol. The number of rotatable bonds is 6. The molecule has 2 aromatic rings. The van der Waals surface area contributed by atoms with E-state index in [0.29, 0.717) is 24.5 Å². The Balaban J connectivity index is 1.94. The van der Waals surface area contributed by atoms with Gasteiger partial charge in [-0.15, -0.1) is 0 Å². The maximum absolute atomic E-state index is 13.1. The van der Waals surface area contributed by atoms with Crippen molar-refractivity contribution in [1.82, 2.24) is 3.89 Å². The highest BCUT2D eigenvalue weighted by Crippen LogP contribution is 2.35. The van der Waals surface area contributed by atoms with Gasteiger partial charge in [0.1, 0.15) is 24.2 Å². The lowest BCUT2D eigenvalue weighted by Gasteiger charge is -2.34. The summed E-state index contributed by atoms with van der Waals surface area (Å²) in [5.41, 5.74) is 8.49. The van der Waals surface area contributed by atoms with Crippen molar-refractivity contribution < 1.29 is 13.2 Å². The number of hydrogen-bond acceptors (Lipinski definition) is 4. The third-order valence-corrected chi connectivity index (χ3v) is 7.58. The first-order valence-corrected chi connectivity index (χ1v) is 11.8. The largest absolute Gasteiger partial charge is 0.457 e. The zero-order valence-electron chi connectivity index (χ0n) is 18.1. The van der Waals surface area contributed by atoms with Crippen molar-refractivity contribution in [2.45, 2.75) is 33.1 Å². The molecule has 30 heavy (non-hydrogen) atoms. The molecule has 1 aliphatic heterocycles. The minimum Gasteiger partial charge on any atom is -0.457 e. The lowest BCUT2D eigenvalue weighted by atomic mass is 9.87. The van der Waals surface area contributed by atoms with E-state index < -0.39 is 10.0 Å². The second-order valence-corrected chi connectivity index (χ2v) is 10.9. The summed E-state index contributed by atoms with van der Waals surface area (Å²) in [5, 5.41) is 0. The van der Waals surface area contributed by atoms with Crippen molar-refractivity contribution in [2.24, 2.45) is 5.73 Å². The van der Waals surface area contributed by atoms with E-state index in [1.807, 2.05) is 54.6 Å². The van der Waals surface area contributed by atoms with E-state index in [9.17, 15) is 8.42 Å². The summed E-state index contributed by atoms with van der Waals surface area (Å²) in [6.45, 7) is 8.79. The fourth-order valence-electron chi connectivity index (χ4n) is 3.54. The van der Waals surface area contributed by atoms with Gasteiger partial charge in [0.05, 0.1) is 5.75 Å². The van der Waals surface area contributed by atoms with Crippen molar-refractivity contribution in [3.8, 4) is 11.5 Å². The summed E-state index contributed by atoms with van der Waals surface area (Å²) in [7, 11) is -3.46. The number of quaternary nitrogens is 1. The van der Waals surface area contributed by atoms with Gasteiger partial charge in [-0.25, -0.2) is 0 Å². The minimum atomic E-state index is -3.46. The van der Waals surface area contributed by atoms with E-state index in [2.05, 4.69) is 26.8 Å². The van der Waals surface area contributed by atoms with Crippen LogP contribution in [0.3, 0.4) is 0 Å². The van der Waals surface area contributed by atoms with Crippen LogP contribution in [0.15, 0.2) is 72.5 Å². The van der Waals surface area contributed by atoms with E-state index >= 15 is 0 Å². The maximum Gasteiger partial charge on any atom is 0.306 e. The Hall–Kier alpha value is -2.41. The lowest BCUT2D eigenvalue weighted by Crippen LogP contribution is -2.51. The zero-order valence-corrected chi connectivity index (χ0v) is 18.9. The van der Waals surface area contributed by atoms with Crippen LogP contribution >= 0.6 is 0 Å². The first-order valence-electron chi connectivity index (χ1n) is 10.2. The lowest BCUT2D eigenvalue weighted by molar-refractivity contribution is 0.477. The van der Waals surface area contributed by atoms with Crippen LogP contribution < -0.4 is 14.4 Å². The Kier molecular flexibility index (Phi) is 6.22. The Labute approximate surface area is 180 Å². The van der Waals surface area contributed by atoms with Crippen LogP contribution in [-0.4, -0.2) is 27.3 Å². The van der Waals surface area contributed by atoms with Gasteiger partial charge >= 0.3 is 10.0 Å². The van der Waals surface area contributed by atoms with Gasteiger partial charge in [-0.2, -0.15) is 12.3 Å². The van der Waals surface area contributed by atoms with Gasteiger partial charge < -0.3 is 10.5 Å². The number of ether oxygens (including phenoxy) is 1. The SMILES string of the molecule is CCS(=O)(=O)[N+]1(c2ccc(Oc3cccc(C(C)(C)C)c3)cc2)C=C(CN)C=CC1. The number of benzene rings is 2. The molecule has 0 saturated heterocycles. The van der Waals surface area contributed by atoms with E-state index in [4.69, 9.17) is 10.5 Å². The molecule has 6 heteroatoms. The topological polar surface area (TPSA) is 69.4 Å². The maximum atomic E-state index is 13.1. The van der Waals surface area contributed by atoms with Crippen LogP contribution in [0.4, 0.5) is 5.69 Å². The summed E-state index contributed by atoms with van der Waals surface area (Å²) >= 11 is 0. The molecule has 0 aromatic heterocycles. The standard InChI is InChI=1S/C24H31N2O3S/c1-5-30(27,28)26(15-7-8-19(17-25)18-26)21-11-13-22(14-12-21)29-23-10-6-9-20(16-23)24(2,3)4/h6-14,16,18H,5,15,17,25H2,1-4H3/q+1. The molecule has 1 atom stereocenters. The Bertz CT molecular complexity index is 1060. The Morgan fingerprint density at radius 3 is 2.37 bits per heavy atom. The van der Waals surface area contributed by atoms with Crippen molar-refractivity contribution in [3.63, 3.8) is 0 Å². The highest BCUT2D eigenvalue weighted by Gasteiger charge is 2.42. The number of sulfonamides is 1. The molecular formula is C24H31N2O3S+. The Morgan fingerprint density at radius 2 is 1.77 bits per heavy atom. The quantitative estimate of drug-likeness (QED) is 0.670. The first kappa shape index (κ1) is 22.3. The molecule has 3 rings (SSSR count). The van der Waals surface area contributed by atoms with Gasteiger partial charge in [0.15, 0.2) is 5.69 Å². The van der Waals surface area contributed by atoms with Gasteiger partial charge in [-0.05, 0) is 48.2 Å². The summed E-state index contributed by atoms with van der Waals surface area (Å²) in [5.74, 6) is 1.45. The van der Waals surface area contributed by atoms with E-state index in [1.54, 1.807) is 13.1 Å². The second kappa shape index (κ2) is 8.38. The van der Waals surface area contributed by atoms with E-state index in [1.165, 1.54) is 5.56 Å². The molecule has 0 spiro atoms. The number of hydrogen-bond donors (Lipinski definition) is 1. The number of nitrogens with zero attached hydrogens (tertiary/aromatic N) is 1. The van der Waals surface area contributed by atoms with E-state index in [0.717, 1.165) is 11.3 Å². The molecule has 2 aromatic carbocycles. The first-order chi connectivity index (χ1) is 14.1. The van der Waals surface area contributed by atoms with Gasteiger partial charge in [0.2, 0.25) is 0 Å². The molecular weight excluding hydrogens is 396 g/mol. The fourth-order valence-corrected chi connectivity index (χ4v) is 5.05. The molecule has 5 nitrogen and oxygen atoms in total. The smallest absolute Gasteiger partial charge is 0.306 e. The molecule has 160 valence electrons. The minimum absolute atomic E-state index is 0.0309. The molecule has 2 N–H and O–H groups in total. The average molecular weight is 428 g/mol. The third kappa shape index (κ3) is 4.36. The molecule has 1 aliphatic rings. The van der Waals surface area contributed by atoms with Crippen molar-refractivity contribution in [1.29, 1.82) is 0 Å². The zero-order chi connectivity index (χ0) is 22.0. The summed E-state index contributed by atoms with van der Waals surface area (Å²) in [4.78, 5) is 0. The molecule has 0 saturated carbocycles. The van der Waals surface area contributed by atoms with Crippen LogP contribution in [0.25, 0.3) is 0 Å². The molecule has 1 heterocycles. The number of nitrogens with two attached hydrogens (primary N) is 1. The van der Waals surface area contributed by atoms with Gasteiger partial charge in [-0.1, -0.05) is 39.0 Å². The molecule has 0 aliphatic carbocycles. The molecule has 0 bridgehead atoms. The van der Waals surface area contributed by atoms with Crippen LogP contribution in [0.1, 0.15) is 33.3 Å². The summed E-state index contributed by atoms with van der Waals surface area (Å²) < 4.78 is 31.9. The molecule has 1 unspecified atom stereocenters. The average Bonchev–Trinajstić information content (AvgIpc) is 2.73.